The molecule has 1 amide bonds. The molecule has 2 saturated heterocycles. The molecule has 3 fully saturated rings. The number of esters is 1. The van der Waals surface area contributed by atoms with Crippen molar-refractivity contribution >= 4 is 58.1 Å². The second-order valence-corrected chi connectivity index (χ2v) is 23.0. The van der Waals surface area contributed by atoms with Crippen molar-refractivity contribution in [3.8, 4) is 0 Å². The van der Waals surface area contributed by atoms with Crippen LogP contribution in [0.25, 0.3) is 0 Å². The van der Waals surface area contributed by atoms with Crippen LogP contribution in [-0.4, -0.2) is 144 Å². The number of methoxy groups -OCH3 is 3. The molecule has 3 unspecified atom stereocenters. The second kappa shape index (κ2) is 26.9. The van der Waals surface area contributed by atoms with E-state index < -0.39 is 96.0 Å². The first-order valence-corrected chi connectivity index (χ1v) is 27.7. The molecule has 1 aromatic carbocycles. The first kappa shape index (κ1) is 60.7. The number of halogens is 2. The van der Waals surface area contributed by atoms with E-state index in [4.69, 9.17) is 51.7 Å². The minimum Gasteiger partial charge on any atom is -0.460 e. The Morgan fingerprint density at radius 3 is 2.21 bits per heavy atom. The Bertz CT molecular complexity index is 2250. The lowest BCUT2D eigenvalue weighted by Gasteiger charge is -2.43. The van der Waals surface area contributed by atoms with E-state index in [1.54, 1.807) is 71.3 Å². The molecule has 1 aromatic rings. The smallest absolute Gasteiger partial charge is 0.329 e. The van der Waals surface area contributed by atoms with Crippen molar-refractivity contribution in [1.82, 2.24) is 4.90 Å². The van der Waals surface area contributed by atoms with Gasteiger partial charge in [-0.1, -0.05) is 82.1 Å². The molecular formula is C57H82Cl2N2O14. The van der Waals surface area contributed by atoms with E-state index in [0.717, 1.165) is 5.57 Å². The van der Waals surface area contributed by atoms with Gasteiger partial charge in [-0.05, 0) is 125 Å². The van der Waals surface area contributed by atoms with E-state index in [9.17, 15) is 39.3 Å². The van der Waals surface area contributed by atoms with Crippen molar-refractivity contribution in [3.05, 3.63) is 63.7 Å². The minimum absolute atomic E-state index is 0.0561. The van der Waals surface area contributed by atoms with E-state index in [1.807, 2.05) is 39.0 Å². The number of fused-ring (bicyclic) bond motifs is 16. The molecule has 75 heavy (non-hydrogen) atoms. The summed E-state index contributed by atoms with van der Waals surface area (Å²) in [6.07, 6.45) is 5.60. The summed E-state index contributed by atoms with van der Waals surface area (Å²) in [5.41, 5.74) is 1.53. The number of ether oxygens (including phenoxy) is 5. The van der Waals surface area contributed by atoms with Gasteiger partial charge >= 0.3 is 5.97 Å². The molecule has 6 aliphatic rings. The van der Waals surface area contributed by atoms with Crippen LogP contribution in [0.5, 0.6) is 0 Å². The number of ketones is 3. The SMILES string of the molecule is CO[C@H]1C[C@@H]2CC[C@@H](C)[C@@](O)(O2)C(=O)C(=O)N2CCCCC2C(=O)O[C@H]([C@H](C)C[C@@H]2CC[C@@H](O)[C@H](OC)C2)CC(=O)[C@H](C)/C=C(\C)[C@@H](O)[C@@H](OC)C(=O)[C@H](C)C[C@H](C)C2C=CC(C=C1C)ON2c1c(Cl)cccc1Cl. The van der Waals surface area contributed by atoms with Crippen LogP contribution in [0.15, 0.2) is 53.6 Å². The molecule has 5 aliphatic heterocycles. The Morgan fingerprint density at radius 1 is 0.840 bits per heavy atom. The lowest BCUT2D eigenvalue weighted by atomic mass is 9.78. The van der Waals surface area contributed by atoms with Gasteiger partial charge in [0.25, 0.3) is 11.7 Å². The fraction of sp³-hybridized carbons (Fsp3) is 0.702. The third-order valence-electron chi connectivity index (χ3n) is 16.6. The van der Waals surface area contributed by atoms with Crippen LogP contribution < -0.4 is 5.06 Å². The molecule has 3 N–H and O–H groups in total. The number of carbonyl (C=O) groups excluding carboxylic acids is 5. The highest BCUT2D eigenvalue weighted by molar-refractivity contribution is 6.39. The molecule has 16 nitrogen and oxygen atoms in total. The molecule has 1 aliphatic carbocycles. The largest absolute Gasteiger partial charge is 0.460 e. The highest BCUT2D eigenvalue weighted by Gasteiger charge is 2.53. The first-order chi connectivity index (χ1) is 35.5. The molecule has 4 bridgehead atoms. The topological polar surface area (TPSA) is 208 Å². The van der Waals surface area contributed by atoms with Gasteiger partial charge in [-0.15, -0.1) is 0 Å². The average Bonchev–Trinajstić information content (AvgIpc) is 3.38. The zero-order valence-corrected chi connectivity index (χ0v) is 47.0. The van der Waals surface area contributed by atoms with E-state index in [1.165, 1.54) is 12.0 Å². The Kier molecular flexibility index (Phi) is 21.7. The van der Waals surface area contributed by atoms with Crippen LogP contribution in [-0.2, 0) is 52.5 Å². The Morgan fingerprint density at radius 2 is 1.55 bits per heavy atom. The van der Waals surface area contributed by atoms with Gasteiger partial charge < -0.3 is 43.9 Å². The first-order valence-electron chi connectivity index (χ1n) is 26.9. The molecule has 17 atom stereocenters. The maximum absolute atomic E-state index is 14.5. The molecule has 0 aromatic heterocycles. The fourth-order valence-electron chi connectivity index (χ4n) is 11.9. The van der Waals surface area contributed by atoms with Crippen molar-refractivity contribution < 1.29 is 67.8 Å². The highest BCUT2D eigenvalue weighted by Crippen LogP contribution is 2.41. The maximum Gasteiger partial charge on any atom is 0.329 e. The number of piperidine rings is 1. The summed E-state index contributed by atoms with van der Waals surface area (Å²) in [5.74, 6) is -8.85. The van der Waals surface area contributed by atoms with Gasteiger partial charge in [-0.2, -0.15) is 0 Å². The van der Waals surface area contributed by atoms with Crippen LogP contribution in [0.2, 0.25) is 10.0 Å². The van der Waals surface area contributed by atoms with Gasteiger partial charge in [0, 0.05) is 58.5 Å². The average molecular weight is 1090 g/mol. The van der Waals surface area contributed by atoms with E-state index in [0.29, 0.717) is 79.1 Å². The molecule has 18 heteroatoms. The number of aliphatic hydroxyl groups excluding tert-OH is 2. The standard InChI is InChI=1S/C57H82Cl2N2O14/c1-31-24-35(5)51(64)53(72-10)52(65)36(6)25-32(2)46(63)30-48(33(3)26-38-18-22-45(62)49(28-38)71-9)73-56(68)44-16-11-12-23-60(44)55(67)54(66)57(69)37(7)17-19-39(74-57)29-47(70-8)34(4)27-40-20-21-43(31)61(75-40)50-41(58)14-13-15-42(50)59/h13-15,20-21,25,27,31-33,35,37-40,43-45,47-49,52-53,62,65,69H,11-12,16-19,22-24,26,28-30H2,1-10H3/b34-27?,36-25+/t31-,32+,33+,35+,37+,38-,39-,40?,43?,44?,45+,47-,48-,49+,52+,53-,57+/m0/s1. The van der Waals surface area contributed by atoms with Gasteiger partial charge in [0.1, 0.15) is 41.9 Å². The lowest BCUT2D eigenvalue weighted by Crippen LogP contribution is -2.61. The van der Waals surface area contributed by atoms with Crippen molar-refractivity contribution in [3.63, 3.8) is 0 Å². The van der Waals surface area contributed by atoms with Gasteiger partial charge in [-0.25, -0.2) is 9.86 Å². The predicted octanol–water partition coefficient (Wildman–Crippen LogP) is 8.12. The predicted molar refractivity (Wildman–Crippen MR) is 284 cm³/mol. The Balaban J connectivity index is 1.37. The van der Waals surface area contributed by atoms with E-state index in [-0.39, 0.29) is 61.2 Å². The number of allylic oxidation sites excluding steroid dienone is 1. The number of hydroxylamine groups is 1. The number of aliphatic hydroxyl groups is 3. The maximum atomic E-state index is 14.5. The number of benzene rings is 1. The number of anilines is 1. The fourth-order valence-corrected chi connectivity index (χ4v) is 12.4. The Labute approximate surface area is 453 Å². The summed E-state index contributed by atoms with van der Waals surface area (Å²) < 4.78 is 29.8. The van der Waals surface area contributed by atoms with Crippen LogP contribution in [0, 0.1) is 35.5 Å². The summed E-state index contributed by atoms with van der Waals surface area (Å²) in [6.45, 7) is 12.6. The number of rotatable bonds is 7. The monoisotopic (exact) mass is 1090 g/mol. The van der Waals surface area contributed by atoms with E-state index >= 15 is 0 Å². The minimum atomic E-state index is -2.50. The summed E-state index contributed by atoms with van der Waals surface area (Å²) in [7, 11) is 4.47. The molecule has 7 rings (SSSR count). The lowest BCUT2D eigenvalue weighted by molar-refractivity contribution is -0.265. The van der Waals surface area contributed by atoms with Gasteiger partial charge in [0.15, 0.2) is 5.78 Å². The van der Waals surface area contributed by atoms with Crippen molar-refractivity contribution in [2.45, 2.75) is 192 Å². The molecule has 0 spiro atoms. The summed E-state index contributed by atoms with van der Waals surface area (Å²) in [5, 5.41) is 36.8. The van der Waals surface area contributed by atoms with Gasteiger partial charge in [0.2, 0.25) is 5.79 Å². The van der Waals surface area contributed by atoms with Crippen molar-refractivity contribution in [1.29, 1.82) is 0 Å². The number of para-hydroxylation sites is 1. The zero-order valence-electron chi connectivity index (χ0n) is 45.5. The van der Waals surface area contributed by atoms with Gasteiger partial charge in [0.05, 0.1) is 40.5 Å². The van der Waals surface area contributed by atoms with Crippen LogP contribution >= 0.6 is 23.2 Å². The molecule has 1 saturated carbocycles. The van der Waals surface area contributed by atoms with Gasteiger partial charge in [-0.3, -0.25) is 24.0 Å². The Hall–Kier alpha value is -3.55. The number of carbonyl (C=O) groups is 5. The number of hydrogen-bond acceptors (Lipinski definition) is 15. The molecule has 5 heterocycles. The number of nitrogens with zero attached hydrogens (tertiary/aromatic N) is 2. The third kappa shape index (κ3) is 14.4. The third-order valence-corrected chi connectivity index (χ3v) is 17.2. The van der Waals surface area contributed by atoms with Crippen LogP contribution in [0.3, 0.4) is 0 Å². The summed E-state index contributed by atoms with van der Waals surface area (Å²) in [6, 6.07) is 3.51. The number of Topliss-reactive ketones (excluding diaryl/α,β-unsaturated/α-hetero) is 3. The molecule has 0 radical (unpaired) electrons. The van der Waals surface area contributed by atoms with Crippen LogP contribution in [0.1, 0.15) is 126 Å². The van der Waals surface area contributed by atoms with Crippen molar-refractivity contribution in [2.24, 2.45) is 35.5 Å². The second-order valence-electron chi connectivity index (χ2n) is 22.2. The molecular weight excluding hydrogens is 1010 g/mol. The highest BCUT2D eigenvalue weighted by atomic mass is 35.5. The molecule has 418 valence electrons. The number of amides is 1. The van der Waals surface area contributed by atoms with Crippen molar-refractivity contribution in [2.75, 3.05) is 32.9 Å². The summed E-state index contributed by atoms with van der Waals surface area (Å²) in [4.78, 5) is 79.9. The zero-order chi connectivity index (χ0) is 55.1. The van der Waals surface area contributed by atoms with E-state index in [2.05, 4.69) is 0 Å². The number of hydrogen-bond donors (Lipinski definition) is 3. The normalized spacial score (nSPS) is 37.9. The van der Waals surface area contributed by atoms with Crippen LogP contribution in [0.4, 0.5) is 5.69 Å². The quantitative estimate of drug-likeness (QED) is 0.134. The summed E-state index contributed by atoms with van der Waals surface area (Å²) >= 11 is 13.6.